The molecule has 4 nitrogen and oxygen atoms in total. The zero-order chi connectivity index (χ0) is 28.6. The first kappa shape index (κ1) is 27.3. The topological polar surface area (TPSA) is 30.5 Å². The fraction of sp³-hybridized carbons (Fsp3) is 0.297. The van der Waals surface area contributed by atoms with Crippen LogP contribution in [0.1, 0.15) is 48.4 Å². The van der Waals surface area contributed by atoms with Gasteiger partial charge in [0.1, 0.15) is 0 Å². The van der Waals surface area contributed by atoms with E-state index in [0.717, 1.165) is 54.9 Å². The van der Waals surface area contributed by atoms with Crippen molar-refractivity contribution in [3.63, 3.8) is 0 Å². The Labute approximate surface area is 245 Å². The lowest BCUT2D eigenvalue weighted by Crippen LogP contribution is -2.61. The lowest BCUT2D eigenvalue weighted by Gasteiger charge is -2.39. The van der Waals surface area contributed by atoms with E-state index in [1.165, 1.54) is 46.5 Å². The molecule has 0 radical (unpaired) electrons. The molecule has 41 heavy (non-hydrogen) atoms. The first-order chi connectivity index (χ1) is 19.9. The maximum Gasteiger partial charge on any atom is 0.0583 e. The zero-order valence-electron chi connectivity index (χ0n) is 24.5. The van der Waals surface area contributed by atoms with Crippen molar-refractivity contribution in [3.8, 4) is 0 Å². The van der Waals surface area contributed by atoms with Crippen LogP contribution in [0, 0.1) is 0 Å². The van der Waals surface area contributed by atoms with Crippen LogP contribution in [-0.4, -0.2) is 38.3 Å². The van der Waals surface area contributed by atoms with Crippen molar-refractivity contribution in [3.05, 3.63) is 126 Å². The average Bonchev–Trinajstić information content (AvgIpc) is 3.17. The molecule has 2 aromatic carbocycles. The molecule has 3 heterocycles. The lowest BCUT2D eigenvalue weighted by molar-refractivity contribution is 0.241. The second-order valence-corrected chi connectivity index (χ2v) is 11.8. The number of hydrogen-bond donors (Lipinski definition) is 2. The number of benzene rings is 2. The maximum atomic E-state index is 4.52. The second kappa shape index (κ2) is 11.2. The molecular formula is C37H42N4. The summed E-state index contributed by atoms with van der Waals surface area (Å²) in [5.74, 6) is 0. The molecule has 0 saturated carbocycles. The highest BCUT2D eigenvalue weighted by Gasteiger charge is 2.47. The van der Waals surface area contributed by atoms with Gasteiger partial charge >= 0.3 is 0 Å². The molecule has 0 bridgehead atoms. The van der Waals surface area contributed by atoms with Crippen molar-refractivity contribution in [1.82, 2.24) is 10.6 Å². The van der Waals surface area contributed by atoms with E-state index in [9.17, 15) is 0 Å². The highest BCUT2D eigenvalue weighted by molar-refractivity contribution is 5.97. The predicted octanol–water partition coefficient (Wildman–Crippen LogP) is 7.25. The van der Waals surface area contributed by atoms with Crippen LogP contribution in [0.5, 0.6) is 0 Å². The van der Waals surface area contributed by atoms with E-state index in [1.807, 2.05) is 6.08 Å². The molecule has 0 spiro atoms. The molecule has 2 saturated heterocycles. The molecule has 0 aromatic heterocycles. The van der Waals surface area contributed by atoms with Crippen LogP contribution >= 0.6 is 0 Å². The number of piperidine rings is 1. The number of rotatable bonds is 7. The number of nitrogens with one attached hydrogen (secondary N) is 2. The quantitative estimate of drug-likeness (QED) is 0.386. The first-order valence-electron chi connectivity index (χ1n) is 14.9. The van der Waals surface area contributed by atoms with Gasteiger partial charge in [-0.1, -0.05) is 86.5 Å². The number of anilines is 2. The predicted molar refractivity (Wildman–Crippen MR) is 177 cm³/mol. The Bertz CT molecular complexity index is 1500. The SMILES string of the molecule is C=Cc1c(N2CC3NCCCC3(NC)C2)ccc2c1N(Cc1ccc(C3=CCC=CC=C3)cc1)C=C(C(=C)C)C2=C. The molecule has 210 valence electrons. The van der Waals surface area contributed by atoms with E-state index in [0.29, 0.717) is 6.04 Å². The molecule has 2 fully saturated rings. The lowest BCUT2D eigenvalue weighted by atomic mass is 9.85. The highest BCUT2D eigenvalue weighted by atomic mass is 15.3. The Kier molecular flexibility index (Phi) is 7.46. The standard InChI is InChI=1S/C37H42N4/c1-6-31-34(41-24-35-37(25-41,38-5)20-11-21-39-35)19-18-32-27(4)33(26(2)3)23-40(36(31)32)22-28-14-16-30(17-15-28)29-12-9-7-8-10-13-29/h6-9,12-19,23,35,38-39H,1-2,4,10-11,20-22,24-25H2,3,5H3. The largest absolute Gasteiger partial charge is 0.367 e. The average molecular weight is 543 g/mol. The van der Waals surface area contributed by atoms with Gasteiger partial charge in [-0.25, -0.2) is 0 Å². The van der Waals surface area contributed by atoms with E-state index in [4.69, 9.17) is 0 Å². The van der Waals surface area contributed by atoms with Gasteiger partial charge in [-0.15, -0.1) is 0 Å². The van der Waals surface area contributed by atoms with Crippen LogP contribution in [-0.2, 0) is 6.54 Å². The summed E-state index contributed by atoms with van der Waals surface area (Å²) in [5, 5.41) is 7.48. The van der Waals surface area contributed by atoms with Gasteiger partial charge < -0.3 is 20.4 Å². The molecule has 0 amide bonds. The van der Waals surface area contributed by atoms with E-state index >= 15 is 0 Å². The number of hydrogen-bond acceptors (Lipinski definition) is 4. The third kappa shape index (κ3) is 4.96. The fourth-order valence-electron chi connectivity index (χ4n) is 7.02. The van der Waals surface area contributed by atoms with E-state index in [1.54, 1.807) is 0 Å². The van der Waals surface area contributed by atoms with Gasteiger partial charge in [0, 0.05) is 54.3 Å². The van der Waals surface area contributed by atoms with Crippen LogP contribution in [0.15, 0.2) is 104 Å². The molecular weight excluding hydrogens is 500 g/mol. The van der Waals surface area contributed by atoms with Crippen molar-refractivity contribution in [2.75, 3.05) is 36.5 Å². The smallest absolute Gasteiger partial charge is 0.0583 e. The maximum absolute atomic E-state index is 4.52. The number of likely N-dealkylation sites (N-methyl/N-ethyl adjacent to an activating group) is 1. The molecule has 1 aliphatic carbocycles. The van der Waals surface area contributed by atoms with Gasteiger partial charge in [0.05, 0.1) is 11.2 Å². The Balaban J connectivity index is 1.37. The second-order valence-electron chi connectivity index (χ2n) is 11.8. The summed E-state index contributed by atoms with van der Waals surface area (Å²) in [6.07, 6.45) is 18.5. The fourth-order valence-corrected chi connectivity index (χ4v) is 7.02. The summed E-state index contributed by atoms with van der Waals surface area (Å²) >= 11 is 0. The number of allylic oxidation sites excluding steroid dienone is 9. The third-order valence-electron chi connectivity index (χ3n) is 9.29. The summed E-state index contributed by atoms with van der Waals surface area (Å²) in [7, 11) is 2.12. The van der Waals surface area contributed by atoms with Crippen molar-refractivity contribution >= 4 is 28.6 Å². The summed E-state index contributed by atoms with van der Waals surface area (Å²) in [4.78, 5) is 4.93. The summed E-state index contributed by atoms with van der Waals surface area (Å²) < 4.78 is 0. The Morgan fingerprint density at radius 3 is 2.73 bits per heavy atom. The van der Waals surface area contributed by atoms with Gasteiger partial charge in [0.15, 0.2) is 0 Å². The number of fused-ring (bicyclic) bond motifs is 2. The third-order valence-corrected chi connectivity index (χ3v) is 9.29. The van der Waals surface area contributed by atoms with Crippen molar-refractivity contribution in [1.29, 1.82) is 0 Å². The van der Waals surface area contributed by atoms with Crippen LogP contribution in [0.3, 0.4) is 0 Å². The first-order valence-corrected chi connectivity index (χ1v) is 14.9. The van der Waals surface area contributed by atoms with E-state index in [-0.39, 0.29) is 5.54 Å². The van der Waals surface area contributed by atoms with Crippen LogP contribution in [0.2, 0.25) is 0 Å². The zero-order valence-corrected chi connectivity index (χ0v) is 24.5. The van der Waals surface area contributed by atoms with Gasteiger partial charge in [0.25, 0.3) is 0 Å². The summed E-state index contributed by atoms with van der Waals surface area (Å²) in [6, 6.07) is 14.0. The van der Waals surface area contributed by atoms with Crippen LogP contribution in [0.25, 0.3) is 17.2 Å². The molecule has 3 aliphatic heterocycles. The molecule has 2 aromatic rings. The van der Waals surface area contributed by atoms with Gasteiger partial charge in [-0.05, 0) is 73.7 Å². The molecule has 4 heteroatoms. The number of nitrogens with zero attached hydrogens (tertiary/aromatic N) is 2. The van der Waals surface area contributed by atoms with Crippen LogP contribution < -0.4 is 20.4 Å². The van der Waals surface area contributed by atoms with Crippen molar-refractivity contribution in [2.24, 2.45) is 0 Å². The van der Waals surface area contributed by atoms with E-state index < -0.39 is 0 Å². The monoisotopic (exact) mass is 542 g/mol. The highest BCUT2D eigenvalue weighted by Crippen LogP contribution is 2.46. The summed E-state index contributed by atoms with van der Waals surface area (Å²) in [5.41, 5.74) is 11.8. The Morgan fingerprint density at radius 2 is 2.00 bits per heavy atom. The van der Waals surface area contributed by atoms with Gasteiger partial charge in [-0.3, -0.25) is 0 Å². The molecule has 2 unspecified atom stereocenters. The minimum atomic E-state index is 0.0999. The Morgan fingerprint density at radius 1 is 1.17 bits per heavy atom. The molecule has 6 rings (SSSR count). The molecule has 2 N–H and O–H groups in total. The van der Waals surface area contributed by atoms with Crippen molar-refractivity contribution in [2.45, 2.75) is 44.3 Å². The normalized spacial score (nSPS) is 23.5. The van der Waals surface area contributed by atoms with Gasteiger partial charge in [0.2, 0.25) is 0 Å². The van der Waals surface area contributed by atoms with Crippen molar-refractivity contribution < 1.29 is 0 Å². The minimum absolute atomic E-state index is 0.0999. The minimum Gasteiger partial charge on any atom is -0.367 e. The van der Waals surface area contributed by atoms with Gasteiger partial charge in [-0.2, -0.15) is 0 Å². The van der Waals surface area contributed by atoms with Crippen LogP contribution in [0.4, 0.5) is 11.4 Å². The Hall–Kier alpha value is -3.86. The summed E-state index contributed by atoms with van der Waals surface area (Å²) in [6.45, 7) is 19.0. The molecule has 4 aliphatic rings. The molecule has 2 atom stereocenters. The van der Waals surface area contributed by atoms with E-state index in [2.05, 4.69) is 127 Å².